The van der Waals surface area contributed by atoms with Crippen molar-refractivity contribution in [2.24, 2.45) is 5.73 Å². The molecule has 0 radical (unpaired) electrons. The summed E-state index contributed by atoms with van der Waals surface area (Å²) < 4.78 is 25.5. The van der Waals surface area contributed by atoms with Gasteiger partial charge >= 0.3 is 0 Å². The summed E-state index contributed by atoms with van der Waals surface area (Å²) in [6.07, 6.45) is 0. The predicted molar refractivity (Wildman–Crippen MR) is 84.3 cm³/mol. The van der Waals surface area contributed by atoms with E-state index in [4.69, 9.17) is 5.73 Å². The zero-order valence-corrected chi connectivity index (χ0v) is 12.7. The van der Waals surface area contributed by atoms with E-state index in [1.54, 1.807) is 24.3 Å². The van der Waals surface area contributed by atoms with E-state index in [9.17, 15) is 8.42 Å². The van der Waals surface area contributed by atoms with Gasteiger partial charge in [-0.2, -0.15) is 0 Å². The molecule has 0 amide bonds. The highest BCUT2D eigenvalue weighted by Gasteiger charge is 2.10. The highest BCUT2D eigenvalue weighted by molar-refractivity contribution is 7.89. The molecule has 21 heavy (non-hydrogen) atoms. The summed E-state index contributed by atoms with van der Waals surface area (Å²) in [5.74, 6) is 0. The van der Waals surface area contributed by atoms with Gasteiger partial charge in [-0.3, -0.25) is 0 Å². The molecule has 0 atom stereocenters. The van der Waals surface area contributed by atoms with Crippen molar-refractivity contribution in [3.05, 3.63) is 59.7 Å². The van der Waals surface area contributed by atoms with E-state index in [0.29, 0.717) is 13.1 Å². The van der Waals surface area contributed by atoms with Crippen LogP contribution in [0.3, 0.4) is 0 Å². The SMILES string of the molecule is CNS(=O)(=O)c1ccc(NCc2ccccc2CN)cc1. The minimum atomic E-state index is -3.39. The van der Waals surface area contributed by atoms with Crippen LogP contribution in [0.2, 0.25) is 0 Å². The molecule has 0 saturated carbocycles. The third-order valence-electron chi connectivity index (χ3n) is 3.25. The standard InChI is InChI=1S/C15H19N3O2S/c1-17-21(19,20)15-8-6-14(7-9-15)18-11-13-5-3-2-4-12(13)10-16/h2-9,17-18H,10-11,16H2,1H3. The fraction of sp³-hybridized carbons (Fsp3) is 0.200. The maximum Gasteiger partial charge on any atom is 0.240 e. The topological polar surface area (TPSA) is 84.2 Å². The van der Waals surface area contributed by atoms with Crippen LogP contribution in [0.1, 0.15) is 11.1 Å². The van der Waals surface area contributed by atoms with Gasteiger partial charge in [0.05, 0.1) is 4.90 Å². The molecule has 0 spiro atoms. The summed E-state index contributed by atoms with van der Waals surface area (Å²) >= 11 is 0. The van der Waals surface area contributed by atoms with Crippen molar-refractivity contribution in [1.82, 2.24) is 4.72 Å². The molecule has 2 aromatic rings. The Kier molecular flexibility index (Phi) is 4.95. The van der Waals surface area contributed by atoms with E-state index in [1.807, 2.05) is 24.3 Å². The van der Waals surface area contributed by atoms with Gasteiger partial charge in [0.25, 0.3) is 0 Å². The Hall–Kier alpha value is -1.89. The molecule has 2 aromatic carbocycles. The first-order valence-electron chi connectivity index (χ1n) is 6.61. The van der Waals surface area contributed by atoms with Crippen molar-refractivity contribution in [1.29, 1.82) is 0 Å². The Morgan fingerprint density at radius 2 is 1.62 bits per heavy atom. The molecular formula is C15H19N3O2S. The normalized spacial score (nSPS) is 11.3. The van der Waals surface area contributed by atoms with Crippen LogP contribution in [-0.2, 0) is 23.1 Å². The summed E-state index contributed by atoms with van der Waals surface area (Å²) in [6, 6.07) is 14.6. The monoisotopic (exact) mass is 305 g/mol. The zero-order chi connectivity index (χ0) is 15.3. The quantitative estimate of drug-likeness (QED) is 0.758. The van der Waals surface area contributed by atoms with Crippen LogP contribution in [0.15, 0.2) is 53.4 Å². The summed E-state index contributed by atoms with van der Waals surface area (Å²) in [6.45, 7) is 1.14. The maximum atomic E-state index is 11.6. The molecule has 0 fully saturated rings. The average molecular weight is 305 g/mol. The molecule has 0 saturated heterocycles. The van der Waals surface area contributed by atoms with Gasteiger partial charge in [0.15, 0.2) is 0 Å². The van der Waals surface area contributed by atoms with Crippen LogP contribution in [0.5, 0.6) is 0 Å². The van der Waals surface area contributed by atoms with E-state index < -0.39 is 10.0 Å². The van der Waals surface area contributed by atoms with Crippen LogP contribution >= 0.6 is 0 Å². The third kappa shape index (κ3) is 3.81. The maximum absolute atomic E-state index is 11.6. The first-order valence-corrected chi connectivity index (χ1v) is 8.09. The number of hydrogen-bond acceptors (Lipinski definition) is 4. The number of hydrogen-bond donors (Lipinski definition) is 3. The predicted octanol–water partition coefficient (Wildman–Crippen LogP) is 1.67. The van der Waals surface area contributed by atoms with Crippen LogP contribution in [0.25, 0.3) is 0 Å². The first kappa shape index (κ1) is 15.5. The fourth-order valence-corrected chi connectivity index (χ4v) is 2.73. The van der Waals surface area contributed by atoms with Gasteiger partial charge in [-0.1, -0.05) is 24.3 Å². The number of benzene rings is 2. The van der Waals surface area contributed by atoms with E-state index in [0.717, 1.165) is 16.8 Å². The van der Waals surface area contributed by atoms with Crippen LogP contribution in [-0.4, -0.2) is 15.5 Å². The minimum absolute atomic E-state index is 0.248. The van der Waals surface area contributed by atoms with Crippen molar-refractivity contribution < 1.29 is 8.42 Å². The fourth-order valence-electron chi connectivity index (χ4n) is 2.00. The Balaban J connectivity index is 2.08. The van der Waals surface area contributed by atoms with E-state index in [-0.39, 0.29) is 4.90 Å². The van der Waals surface area contributed by atoms with E-state index >= 15 is 0 Å². The van der Waals surface area contributed by atoms with Gasteiger partial charge in [0.2, 0.25) is 10.0 Å². The minimum Gasteiger partial charge on any atom is -0.381 e. The van der Waals surface area contributed by atoms with Gasteiger partial charge in [-0.25, -0.2) is 13.1 Å². The molecule has 5 nitrogen and oxygen atoms in total. The Bertz CT molecular complexity index is 697. The van der Waals surface area contributed by atoms with Gasteiger partial charge in [0, 0.05) is 18.8 Å². The molecule has 4 N–H and O–H groups in total. The number of sulfonamides is 1. The molecule has 6 heteroatoms. The molecule has 0 aliphatic carbocycles. The van der Waals surface area contributed by atoms with Crippen molar-refractivity contribution in [2.45, 2.75) is 18.0 Å². The summed E-state index contributed by atoms with van der Waals surface area (Å²) in [4.78, 5) is 0.248. The van der Waals surface area contributed by atoms with Crippen molar-refractivity contribution in [3.63, 3.8) is 0 Å². The first-order chi connectivity index (χ1) is 10.1. The van der Waals surface area contributed by atoms with E-state index in [2.05, 4.69) is 10.0 Å². The molecular weight excluding hydrogens is 286 g/mol. The highest BCUT2D eigenvalue weighted by Crippen LogP contribution is 2.16. The third-order valence-corrected chi connectivity index (χ3v) is 4.68. The van der Waals surface area contributed by atoms with Crippen molar-refractivity contribution in [3.8, 4) is 0 Å². The Morgan fingerprint density at radius 3 is 2.19 bits per heavy atom. The van der Waals surface area contributed by atoms with Crippen LogP contribution in [0.4, 0.5) is 5.69 Å². The lowest BCUT2D eigenvalue weighted by atomic mass is 10.1. The average Bonchev–Trinajstić information content (AvgIpc) is 2.53. The number of rotatable bonds is 6. The summed E-state index contributed by atoms with van der Waals surface area (Å²) in [5, 5.41) is 3.26. The Morgan fingerprint density at radius 1 is 1.00 bits per heavy atom. The van der Waals surface area contributed by atoms with Gasteiger partial charge in [-0.05, 0) is 42.4 Å². The van der Waals surface area contributed by atoms with E-state index in [1.165, 1.54) is 7.05 Å². The van der Waals surface area contributed by atoms with Crippen LogP contribution < -0.4 is 15.8 Å². The molecule has 2 rings (SSSR count). The summed E-state index contributed by atoms with van der Waals surface area (Å²) in [5.41, 5.74) is 8.79. The van der Waals surface area contributed by atoms with Gasteiger partial charge in [0.1, 0.15) is 0 Å². The highest BCUT2D eigenvalue weighted by atomic mass is 32.2. The lowest BCUT2D eigenvalue weighted by Crippen LogP contribution is -2.18. The summed E-state index contributed by atoms with van der Waals surface area (Å²) in [7, 11) is -1.99. The molecule has 0 unspecified atom stereocenters. The lowest BCUT2D eigenvalue weighted by Gasteiger charge is -2.11. The van der Waals surface area contributed by atoms with Gasteiger partial charge < -0.3 is 11.1 Å². The molecule has 0 aromatic heterocycles. The van der Waals surface area contributed by atoms with Gasteiger partial charge in [-0.15, -0.1) is 0 Å². The number of nitrogens with two attached hydrogens (primary N) is 1. The van der Waals surface area contributed by atoms with Crippen molar-refractivity contribution in [2.75, 3.05) is 12.4 Å². The second-order valence-electron chi connectivity index (χ2n) is 4.56. The van der Waals surface area contributed by atoms with Crippen molar-refractivity contribution >= 4 is 15.7 Å². The second kappa shape index (κ2) is 6.71. The number of anilines is 1. The second-order valence-corrected chi connectivity index (χ2v) is 6.44. The number of nitrogens with one attached hydrogen (secondary N) is 2. The smallest absolute Gasteiger partial charge is 0.240 e. The molecule has 0 aliphatic heterocycles. The molecule has 0 aliphatic rings. The molecule has 0 heterocycles. The van der Waals surface area contributed by atoms with Crippen LogP contribution in [0, 0.1) is 0 Å². The largest absolute Gasteiger partial charge is 0.381 e. The Labute approximate surface area is 125 Å². The zero-order valence-electron chi connectivity index (χ0n) is 11.8. The molecule has 112 valence electrons. The molecule has 0 bridgehead atoms. The lowest BCUT2D eigenvalue weighted by molar-refractivity contribution is 0.588.